The first-order valence-electron chi connectivity index (χ1n) is 5.37. The van der Waals surface area contributed by atoms with Crippen molar-refractivity contribution in [3.8, 4) is 6.07 Å². The number of nitrogens with one attached hydrogen (secondary N) is 1. The van der Waals surface area contributed by atoms with E-state index in [1.165, 1.54) is 0 Å². The maximum absolute atomic E-state index is 11.8. The van der Waals surface area contributed by atoms with Crippen molar-refractivity contribution >= 4 is 11.6 Å². The molecule has 0 heterocycles. The SMILES string of the molecule is Cc1ccc(NC(=O)C2(C#N)CC2)c(C)c1. The van der Waals surface area contributed by atoms with Crippen molar-refractivity contribution in [3.63, 3.8) is 0 Å². The van der Waals surface area contributed by atoms with E-state index in [4.69, 9.17) is 5.26 Å². The number of carbonyl (C=O) groups excluding carboxylic acids is 1. The largest absolute Gasteiger partial charge is 0.324 e. The third kappa shape index (κ3) is 1.79. The van der Waals surface area contributed by atoms with Gasteiger partial charge in [-0.25, -0.2) is 0 Å². The summed E-state index contributed by atoms with van der Waals surface area (Å²) in [5.74, 6) is -0.165. The van der Waals surface area contributed by atoms with E-state index in [0.717, 1.165) is 16.8 Å². The molecule has 1 aliphatic carbocycles. The number of rotatable bonds is 2. The summed E-state index contributed by atoms with van der Waals surface area (Å²) in [6, 6.07) is 7.94. The van der Waals surface area contributed by atoms with Crippen molar-refractivity contribution in [1.82, 2.24) is 0 Å². The van der Waals surface area contributed by atoms with Gasteiger partial charge in [0, 0.05) is 5.69 Å². The van der Waals surface area contributed by atoms with Gasteiger partial charge in [-0.1, -0.05) is 17.7 Å². The molecule has 1 aromatic rings. The summed E-state index contributed by atoms with van der Waals surface area (Å²) in [4.78, 5) is 11.8. The average Bonchev–Trinajstić information content (AvgIpc) is 3.03. The second-order valence-corrected chi connectivity index (χ2v) is 4.47. The number of carbonyl (C=O) groups is 1. The molecule has 0 atom stereocenters. The normalized spacial score (nSPS) is 16.3. The first-order chi connectivity index (χ1) is 7.57. The van der Waals surface area contributed by atoms with Gasteiger partial charge in [-0.2, -0.15) is 5.26 Å². The molecule has 2 rings (SSSR count). The average molecular weight is 214 g/mol. The van der Waals surface area contributed by atoms with Crippen molar-refractivity contribution in [2.45, 2.75) is 26.7 Å². The van der Waals surface area contributed by atoms with Crippen LogP contribution in [0.4, 0.5) is 5.69 Å². The lowest BCUT2D eigenvalue weighted by molar-refractivity contribution is -0.119. The molecule has 1 amide bonds. The van der Waals surface area contributed by atoms with Crippen molar-refractivity contribution in [2.24, 2.45) is 5.41 Å². The van der Waals surface area contributed by atoms with Crippen molar-refractivity contribution < 1.29 is 4.79 Å². The molecule has 1 N–H and O–H groups in total. The van der Waals surface area contributed by atoms with E-state index in [1.807, 2.05) is 32.0 Å². The second-order valence-electron chi connectivity index (χ2n) is 4.47. The minimum absolute atomic E-state index is 0.165. The predicted octanol–water partition coefficient (Wildman–Crippen LogP) is 2.55. The molecule has 1 saturated carbocycles. The first-order valence-corrected chi connectivity index (χ1v) is 5.37. The van der Waals surface area contributed by atoms with Crippen LogP contribution in [0.1, 0.15) is 24.0 Å². The molecule has 0 spiro atoms. The van der Waals surface area contributed by atoms with Gasteiger partial charge in [-0.3, -0.25) is 4.79 Å². The highest BCUT2D eigenvalue weighted by Gasteiger charge is 2.50. The van der Waals surface area contributed by atoms with Crippen molar-refractivity contribution in [2.75, 3.05) is 5.32 Å². The van der Waals surface area contributed by atoms with Crippen molar-refractivity contribution in [3.05, 3.63) is 29.3 Å². The van der Waals surface area contributed by atoms with Gasteiger partial charge in [0.05, 0.1) is 6.07 Å². The summed E-state index contributed by atoms with van der Waals surface area (Å²) in [5.41, 5.74) is 2.24. The van der Waals surface area contributed by atoms with Gasteiger partial charge in [-0.15, -0.1) is 0 Å². The lowest BCUT2D eigenvalue weighted by Crippen LogP contribution is -2.23. The molecule has 0 saturated heterocycles. The molecule has 16 heavy (non-hydrogen) atoms. The third-order valence-corrected chi connectivity index (χ3v) is 3.03. The molecule has 82 valence electrons. The molecule has 3 heteroatoms. The zero-order valence-corrected chi connectivity index (χ0v) is 9.50. The van der Waals surface area contributed by atoms with E-state index in [-0.39, 0.29) is 5.91 Å². The van der Waals surface area contributed by atoms with E-state index >= 15 is 0 Å². The minimum Gasteiger partial charge on any atom is -0.324 e. The van der Waals surface area contributed by atoms with E-state index in [9.17, 15) is 4.79 Å². The quantitative estimate of drug-likeness (QED) is 0.822. The lowest BCUT2D eigenvalue weighted by Gasteiger charge is -2.11. The summed E-state index contributed by atoms with van der Waals surface area (Å²) in [5, 5.41) is 11.7. The fourth-order valence-corrected chi connectivity index (χ4v) is 1.71. The molecule has 0 bridgehead atoms. The zero-order valence-electron chi connectivity index (χ0n) is 9.50. The summed E-state index contributed by atoms with van der Waals surface area (Å²) >= 11 is 0. The lowest BCUT2D eigenvalue weighted by atomic mass is 10.1. The maximum Gasteiger partial charge on any atom is 0.244 e. The van der Waals surface area contributed by atoms with E-state index in [2.05, 4.69) is 11.4 Å². The monoisotopic (exact) mass is 214 g/mol. The van der Waals surface area contributed by atoms with Crippen LogP contribution in [0, 0.1) is 30.6 Å². The van der Waals surface area contributed by atoms with E-state index in [1.54, 1.807) is 0 Å². The Morgan fingerprint density at radius 1 is 1.44 bits per heavy atom. The third-order valence-electron chi connectivity index (χ3n) is 3.03. The Bertz CT molecular complexity index is 481. The first kappa shape index (κ1) is 10.7. The van der Waals surface area contributed by atoms with Crippen LogP contribution >= 0.6 is 0 Å². The maximum atomic E-state index is 11.8. The highest BCUT2D eigenvalue weighted by molar-refractivity contribution is 5.99. The van der Waals surface area contributed by atoms with Gasteiger partial charge in [0.2, 0.25) is 5.91 Å². The molecule has 0 aliphatic heterocycles. The number of hydrogen-bond donors (Lipinski definition) is 1. The Morgan fingerprint density at radius 2 is 2.12 bits per heavy atom. The molecule has 1 aromatic carbocycles. The minimum atomic E-state index is -0.753. The molecule has 1 aliphatic rings. The number of nitrogens with zero attached hydrogens (tertiary/aromatic N) is 1. The number of hydrogen-bond acceptors (Lipinski definition) is 2. The Kier molecular flexibility index (Phi) is 2.43. The van der Waals surface area contributed by atoms with Gasteiger partial charge < -0.3 is 5.32 Å². The molecular formula is C13H14N2O. The van der Waals surface area contributed by atoms with E-state index < -0.39 is 5.41 Å². The van der Waals surface area contributed by atoms with Gasteiger partial charge in [0.25, 0.3) is 0 Å². The molecule has 0 radical (unpaired) electrons. The van der Waals surface area contributed by atoms with Crippen LogP contribution in [0.2, 0.25) is 0 Å². The molecule has 1 fully saturated rings. The van der Waals surface area contributed by atoms with Gasteiger partial charge >= 0.3 is 0 Å². The smallest absolute Gasteiger partial charge is 0.244 e. The van der Waals surface area contributed by atoms with Gasteiger partial charge in [0.1, 0.15) is 5.41 Å². The van der Waals surface area contributed by atoms with Crippen LogP contribution in [-0.2, 0) is 4.79 Å². The summed E-state index contributed by atoms with van der Waals surface area (Å²) in [6.07, 6.45) is 1.36. The van der Waals surface area contributed by atoms with Crippen LogP contribution in [-0.4, -0.2) is 5.91 Å². The van der Waals surface area contributed by atoms with E-state index in [0.29, 0.717) is 12.8 Å². The topological polar surface area (TPSA) is 52.9 Å². The molecule has 0 unspecified atom stereocenters. The van der Waals surface area contributed by atoms with Gasteiger partial charge in [-0.05, 0) is 38.3 Å². The van der Waals surface area contributed by atoms with Gasteiger partial charge in [0.15, 0.2) is 0 Å². The number of benzene rings is 1. The van der Waals surface area contributed by atoms with Crippen LogP contribution in [0.5, 0.6) is 0 Å². The van der Waals surface area contributed by atoms with Crippen LogP contribution in [0.25, 0.3) is 0 Å². The molecule has 0 aromatic heterocycles. The van der Waals surface area contributed by atoms with Crippen LogP contribution in [0.15, 0.2) is 18.2 Å². The number of anilines is 1. The molecular weight excluding hydrogens is 200 g/mol. The Balaban J connectivity index is 2.16. The zero-order chi connectivity index (χ0) is 11.8. The predicted molar refractivity (Wildman–Crippen MR) is 61.8 cm³/mol. The number of nitriles is 1. The fraction of sp³-hybridized carbons (Fsp3) is 0.385. The Labute approximate surface area is 95.1 Å². The standard InChI is InChI=1S/C13H14N2O/c1-9-3-4-11(10(2)7-9)15-12(16)13(8-14)5-6-13/h3-4,7H,5-6H2,1-2H3,(H,15,16). The highest BCUT2D eigenvalue weighted by Crippen LogP contribution is 2.45. The Morgan fingerprint density at radius 3 is 2.62 bits per heavy atom. The fourth-order valence-electron chi connectivity index (χ4n) is 1.71. The highest BCUT2D eigenvalue weighted by atomic mass is 16.2. The van der Waals surface area contributed by atoms with Crippen LogP contribution < -0.4 is 5.32 Å². The summed E-state index contributed by atoms with van der Waals surface area (Å²) < 4.78 is 0. The van der Waals surface area contributed by atoms with Crippen molar-refractivity contribution in [1.29, 1.82) is 5.26 Å². The molecule has 3 nitrogen and oxygen atoms in total. The summed E-state index contributed by atoms with van der Waals surface area (Å²) in [7, 11) is 0. The summed E-state index contributed by atoms with van der Waals surface area (Å²) in [6.45, 7) is 3.96. The van der Waals surface area contributed by atoms with Crippen LogP contribution in [0.3, 0.4) is 0 Å². The number of aryl methyl sites for hydroxylation is 2. The number of amides is 1. The Hall–Kier alpha value is -1.82. The second kappa shape index (κ2) is 3.64.